The van der Waals surface area contributed by atoms with Crippen molar-refractivity contribution in [2.45, 2.75) is 76.4 Å². The van der Waals surface area contributed by atoms with Crippen LogP contribution in [0.3, 0.4) is 0 Å². The number of halogens is 1. The number of phenols is 1. The molecule has 3 aliphatic carbocycles. The molecule has 0 saturated heterocycles. The number of phenolic OH excluding ortho intramolecular Hbond substituents is 1. The van der Waals surface area contributed by atoms with E-state index in [2.05, 4.69) is 44.1 Å². The molecule has 0 aliphatic heterocycles. The molecular formula is C23H31FO2Si. The fraction of sp³-hybridized carbons (Fsp3) is 0.652. The maximum Gasteiger partial charge on any atom is 0.161 e. The first-order valence-electron chi connectivity index (χ1n) is 10.3. The average Bonchev–Trinajstić information content (AvgIpc) is 2.80. The van der Waals surface area contributed by atoms with Gasteiger partial charge in [0.2, 0.25) is 0 Å². The Morgan fingerprint density at radius 1 is 1.22 bits per heavy atom. The summed E-state index contributed by atoms with van der Waals surface area (Å²) in [7, 11) is -1.69. The van der Waals surface area contributed by atoms with Crippen molar-refractivity contribution in [3.05, 3.63) is 29.3 Å². The zero-order valence-electron chi connectivity index (χ0n) is 16.8. The lowest BCUT2D eigenvalue weighted by atomic mass is 9.53. The topological polar surface area (TPSA) is 40.5 Å². The molecule has 4 heteroatoms. The predicted molar refractivity (Wildman–Crippen MR) is 109 cm³/mol. The number of hydrogen-bond acceptors (Lipinski definition) is 2. The zero-order valence-corrected chi connectivity index (χ0v) is 17.8. The van der Waals surface area contributed by atoms with E-state index in [1.165, 1.54) is 11.1 Å². The average molecular weight is 386 g/mol. The molecule has 1 aromatic rings. The molecule has 0 bridgehead atoms. The van der Waals surface area contributed by atoms with Gasteiger partial charge in [0.1, 0.15) is 20.0 Å². The molecule has 0 radical (unpaired) electrons. The van der Waals surface area contributed by atoms with E-state index < -0.39 is 25.3 Å². The minimum Gasteiger partial charge on any atom is -0.508 e. The van der Waals surface area contributed by atoms with Gasteiger partial charge in [0, 0.05) is 5.41 Å². The predicted octanol–water partition coefficient (Wildman–Crippen LogP) is 4.81. The summed E-state index contributed by atoms with van der Waals surface area (Å²) in [5.74, 6) is 4.36. The first kappa shape index (κ1) is 19.0. The Bertz CT molecular complexity index is 820. The third-order valence-corrected chi connectivity index (χ3v) is 8.39. The summed E-state index contributed by atoms with van der Waals surface area (Å²) in [6.07, 6.45) is 2.84. The fourth-order valence-electron chi connectivity index (χ4n) is 6.05. The lowest BCUT2D eigenvalue weighted by molar-refractivity contribution is -0.0846. The van der Waals surface area contributed by atoms with Crippen LogP contribution in [0.4, 0.5) is 4.39 Å². The highest BCUT2D eigenvalue weighted by Crippen LogP contribution is 2.64. The van der Waals surface area contributed by atoms with Gasteiger partial charge in [-0.3, -0.25) is 0 Å². The first-order chi connectivity index (χ1) is 12.6. The van der Waals surface area contributed by atoms with Gasteiger partial charge in [-0.2, -0.15) is 0 Å². The molecule has 2 nitrogen and oxygen atoms in total. The van der Waals surface area contributed by atoms with E-state index in [1.54, 1.807) is 6.07 Å². The van der Waals surface area contributed by atoms with Gasteiger partial charge in [0.15, 0.2) is 5.60 Å². The summed E-state index contributed by atoms with van der Waals surface area (Å²) in [5, 5.41) is 21.2. The van der Waals surface area contributed by atoms with E-state index in [9.17, 15) is 10.2 Å². The fourth-order valence-corrected chi connectivity index (χ4v) is 6.62. The second kappa shape index (κ2) is 6.09. The van der Waals surface area contributed by atoms with E-state index in [0.29, 0.717) is 24.0 Å². The van der Waals surface area contributed by atoms with Crippen LogP contribution in [0.1, 0.15) is 49.7 Å². The van der Waals surface area contributed by atoms with Crippen molar-refractivity contribution in [2.75, 3.05) is 0 Å². The molecule has 2 N–H and O–H groups in total. The van der Waals surface area contributed by atoms with Crippen molar-refractivity contribution in [3.63, 3.8) is 0 Å². The van der Waals surface area contributed by atoms with Crippen LogP contribution in [0.25, 0.3) is 0 Å². The third kappa shape index (κ3) is 2.86. The van der Waals surface area contributed by atoms with Crippen LogP contribution in [-0.4, -0.2) is 30.1 Å². The Labute approximate surface area is 163 Å². The summed E-state index contributed by atoms with van der Waals surface area (Å²) >= 11 is 0. The highest BCUT2D eigenvalue weighted by Gasteiger charge is 2.66. The van der Waals surface area contributed by atoms with Crippen LogP contribution in [0.2, 0.25) is 19.6 Å². The van der Waals surface area contributed by atoms with Crippen molar-refractivity contribution < 1.29 is 14.6 Å². The van der Waals surface area contributed by atoms with Gasteiger partial charge in [-0.05, 0) is 73.1 Å². The number of aromatic hydroxyl groups is 1. The molecule has 1 aromatic carbocycles. The monoisotopic (exact) mass is 385 g/mol. The summed E-state index contributed by atoms with van der Waals surface area (Å²) in [6.45, 7) is 8.49. The molecule has 2 saturated carbocycles. The Balaban J connectivity index is 1.70. The van der Waals surface area contributed by atoms with E-state index in [-0.39, 0.29) is 5.92 Å². The maximum absolute atomic E-state index is 15.2. The Morgan fingerprint density at radius 2 is 1.96 bits per heavy atom. The lowest BCUT2D eigenvalue weighted by Crippen LogP contribution is -2.52. The van der Waals surface area contributed by atoms with Crippen LogP contribution in [0.15, 0.2) is 18.2 Å². The van der Waals surface area contributed by atoms with Crippen LogP contribution in [0, 0.1) is 28.7 Å². The van der Waals surface area contributed by atoms with Crippen LogP contribution < -0.4 is 0 Å². The summed E-state index contributed by atoms with van der Waals surface area (Å²) in [5.41, 5.74) is 3.83. The maximum atomic E-state index is 15.2. The van der Waals surface area contributed by atoms with Gasteiger partial charge in [-0.1, -0.05) is 38.6 Å². The summed E-state index contributed by atoms with van der Waals surface area (Å²) in [6, 6.07) is 5.72. The van der Waals surface area contributed by atoms with Gasteiger partial charge >= 0.3 is 0 Å². The highest BCUT2D eigenvalue weighted by atomic mass is 28.3. The molecule has 0 unspecified atom stereocenters. The summed E-state index contributed by atoms with van der Waals surface area (Å²) in [4.78, 5) is 0. The number of fused-ring (bicyclic) bond motifs is 5. The molecule has 0 heterocycles. The molecule has 3 aliphatic rings. The molecule has 27 heavy (non-hydrogen) atoms. The Morgan fingerprint density at radius 3 is 2.67 bits per heavy atom. The first-order valence-corrected chi connectivity index (χ1v) is 13.8. The number of rotatable bonds is 0. The second-order valence-electron chi connectivity index (χ2n) is 10.2. The van der Waals surface area contributed by atoms with E-state index in [0.717, 1.165) is 25.7 Å². The molecule has 0 spiro atoms. The SMILES string of the molecule is C[C@]12CC[C@@H]3c4ccc(O)cc4CC[C@H]3[C@@H]1C[C@H]([18F])[C@@]2(O)C#C[Si](C)(C)C. The number of alkyl halides is 1. The number of benzene rings is 1. The van der Waals surface area contributed by atoms with Crippen LogP contribution in [0.5, 0.6) is 5.75 Å². The van der Waals surface area contributed by atoms with Gasteiger partial charge in [-0.25, -0.2) is 4.39 Å². The largest absolute Gasteiger partial charge is 0.508 e. The summed E-state index contributed by atoms with van der Waals surface area (Å²) < 4.78 is 15.2. The zero-order chi connectivity index (χ0) is 19.6. The quantitative estimate of drug-likeness (QED) is 0.497. The minimum atomic E-state index is -1.69. The molecular weight excluding hydrogens is 354 g/mol. The minimum absolute atomic E-state index is 0.161. The standard InChI is InChI=1S/C23H31FO2Si/c1-22-10-9-18-17-8-6-16(25)13-15(17)5-7-19(18)20(22)14-21(24)23(22,26)11-12-27(2,3)4/h6,8,13,18-21,25-26H,5,7,9-10,14H2,1-4H3/t18-,19-,20+,21+,22+,23+/m1/s1/i24-1. The van der Waals surface area contributed by atoms with E-state index >= 15 is 4.39 Å². The molecule has 2 fully saturated rings. The van der Waals surface area contributed by atoms with Crippen LogP contribution >= 0.6 is 0 Å². The van der Waals surface area contributed by atoms with Gasteiger partial charge in [-0.15, -0.1) is 5.54 Å². The normalized spacial score (nSPS) is 40.4. The van der Waals surface area contributed by atoms with E-state index in [4.69, 9.17) is 0 Å². The van der Waals surface area contributed by atoms with Crippen molar-refractivity contribution in [2.24, 2.45) is 17.3 Å². The highest BCUT2D eigenvalue weighted by molar-refractivity contribution is 6.83. The molecule has 6 atom stereocenters. The second-order valence-corrected chi connectivity index (χ2v) is 15.0. The van der Waals surface area contributed by atoms with Crippen LogP contribution in [-0.2, 0) is 6.42 Å². The molecule has 4 rings (SSSR count). The molecule has 0 amide bonds. The van der Waals surface area contributed by atoms with Gasteiger partial charge < -0.3 is 10.2 Å². The third-order valence-electron chi connectivity index (χ3n) is 7.51. The smallest absolute Gasteiger partial charge is 0.161 e. The van der Waals surface area contributed by atoms with Crippen molar-refractivity contribution >= 4 is 8.07 Å². The number of aliphatic hydroxyl groups is 1. The number of aryl methyl sites for hydroxylation is 1. The molecule has 0 aromatic heterocycles. The Hall–Kier alpha value is -1.31. The van der Waals surface area contributed by atoms with Crippen molar-refractivity contribution in [1.29, 1.82) is 0 Å². The Kier molecular flexibility index (Phi) is 4.29. The van der Waals surface area contributed by atoms with Gasteiger partial charge in [0.25, 0.3) is 0 Å². The lowest BCUT2D eigenvalue weighted by Gasteiger charge is -2.51. The van der Waals surface area contributed by atoms with E-state index in [1.807, 2.05) is 6.07 Å². The van der Waals surface area contributed by atoms with Gasteiger partial charge in [0.05, 0.1) is 0 Å². The van der Waals surface area contributed by atoms with Crippen molar-refractivity contribution in [1.82, 2.24) is 0 Å². The molecule has 146 valence electrons. The number of hydrogen-bond donors (Lipinski definition) is 2. The van der Waals surface area contributed by atoms with Crippen molar-refractivity contribution in [3.8, 4) is 17.2 Å².